The van der Waals surface area contributed by atoms with Gasteiger partial charge in [0.05, 0.1) is 18.3 Å². The Kier molecular flexibility index (Phi) is 4.84. The van der Waals surface area contributed by atoms with Crippen LogP contribution in [0, 0.1) is 0 Å². The molecule has 5 rings (SSSR count). The summed E-state index contributed by atoms with van der Waals surface area (Å²) in [5.41, 5.74) is 2.15. The van der Waals surface area contributed by atoms with Crippen LogP contribution in [0.4, 0.5) is 5.69 Å². The average molecular weight is 444 g/mol. The molecule has 0 spiro atoms. The van der Waals surface area contributed by atoms with Gasteiger partial charge in [0.25, 0.3) is 23.6 Å². The van der Waals surface area contributed by atoms with E-state index in [9.17, 15) is 24.3 Å². The van der Waals surface area contributed by atoms with E-state index in [2.05, 4.69) is 0 Å². The van der Waals surface area contributed by atoms with Crippen LogP contribution in [0.15, 0.2) is 48.5 Å². The van der Waals surface area contributed by atoms with Crippen LogP contribution in [0.5, 0.6) is 0 Å². The average Bonchev–Trinajstić information content (AvgIpc) is 2.82. The van der Waals surface area contributed by atoms with Gasteiger partial charge in [0.15, 0.2) is 0 Å². The zero-order chi connectivity index (χ0) is 23.4. The molecule has 0 radical (unpaired) electrons. The van der Waals surface area contributed by atoms with Crippen molar-refractivity contribution in [2.45, 2.75) is 19.4 Å². The number of amides is 4. The maximum absolute atomic E-state index is 13.4. The molecule has 8 heteroatoms. The summed E-state index contributed by atoms with van der Waals surface area (Å²) in [6, 6.07) is 12.1. The molecule has 3 aromatic carbocycles. The monoisotopic (exact) mass is 444 g/mol. The molecule has 0 saturated heterocycles. The second-order valence-corrected chi connectivity index (χ2v) is 8.17. The molecule has 0 aromatic heterocycles. The largest absolute Gasteiger partial charge is 0.396 e. The van der Waals surface area contributed by atoms with Crippen molar-refractivity contribution < 1.29 is 29.4 Å². The summed E-state index contributed by atoms with van der Waals surface area (Å²) in [7, 11) is 0. The van der Waals surface area contributed by atoms with Gasteiger partial charge >= 0.3 is 0 Å². The Hall–Kier alpha value is -3.88. The van der Waals surface area contributed by atoms with Gasteiger partial charge in [0.1, 0.15) is 0 Å². The van der Waals surface area contributed by atoms with Crippen molar-refractivity contribution >= 4 is 40.1 Å². The second-order valence-electron chi connectivity index (χ2n) is 8.17. The Morgan fingerprint density at radius 2 is 1.15 bits per heavy atom. The lowest BCUT2D eigenvalue weighted by Gasteiger charge is -2.33. The lowest BCUT2D eigenvalue weighted by Crippen LogP contribution is -2.48. The molecule has 0 bridgehead atoms. The summed E-state index contributed by atoms with van der Waals surface area (Å²) in [5, 5.41) is 19.2. The maximum Gasteiger partial charge on any atom is 0.265 e. The van der Waals surface area contributed by atoms with Gasteiger partial charge in [-0.05, 0) is 55.3 Å². The normalized spacial score (nSPS) is 16.1. The van der Waals surface area contributed by atoms with Gasteiger partial charge in [-0.15, -0.1) is 0 Å². The Labute approximate surface area is 188 Å². The van der Waals surface area contributed by atoms with E-state index in [0.29, 0.717) is 22.9 Å². The van der Waals surface area contributed by atoms with E-state index in [1.54, 1.807) is 31.2 Å². The molecule has 2 heterocycles. The number of carbonyl (C=O) groups is 4. The van der Waals surface area contributed by atoms with Crippen LogP contribution in [-0.2, 0) is 6.42 Å². The number of hydrogen-bond acceptors (Lipinski definition) is 6. The third kappa shape index (κ3) is 2.92. The number of aliphatic hydroxyl groups excluding tert-OH is 2. The van der Waals surface area contributed by atoms with E-state index < -0.39 is 29.7 Å². The van der Waals surface area contributed by atoms with Gasteiger partial charge in [0, 0.05) is 39.6 Å². The number of rotatable bonds is 5. The summed E-state index contributed by atoms with van der Waals surface area (Å²) < 4.78 is 0. The third-order valence-corrected chi connectivity index (χ3v) is 6.23. The molecule has 2 aliphatic heterocycles. The van der Waals surface area contributed by atoms with Crippen LogP contribution in [-0.4, -0.2) is 58.0 Å². The molecule has 4 amide bonds. The highest BCUT2D eigenvalue weighted by Crippen LogP contribution is 2.39. The third-order valence-electron chi connectivity index (χ3n) is 6.23. The van der Waals surface area contributed by atoms with Crippen molar-refractivity contribution in [2.24, 2.45) is 0 Å². The minimum absolute atomic E-state index is 0.00703. The van der Waals surface area contributed by atoms with E-state index in [0.717, 1.165) is 15.4 Å². The number of benzene rings is 3. The number of carbonyl (C=O) groups excluding carboxylic acids is 4. The van der Waals surface area contributed by atoms with Crippen LogP contribution in [0.2, 0.25) is 0 Å². The highest BCUT2D eigenvalue weighted by atomic mass is 16.3. The molecule has 8 nitrogen and oxygen atoms in total. The number of imide groups is 2. The summed E-state index contributed by atoms with van der Waals surface area (Å²) in [6.07, 6.45) is 0.462. The number of anilines is 1. The van der Waals surface area contributed by atoms with E-state index in [1.165, 1.54) is 24.3 Å². The number of aliphatic hydroxyl groups is 2. The molecule has 0 aliphatic carbocycles. The van der Waals surface area contributed by atoms with E-state index in [1.807, 2.05) is 0 Å². The van der Waals surface area contributed by atoms with E-state index in [-0.39, 0.29) is 35.5 Å². The van der Waals surface area contributed by atoms with Gasteiger partial charge in [0.2, 0.25) is 0 Å². The standard InChI is InChI=1S/C25H20N2O6/c1-13(12-29)26-22(30)16-6-8-18-21-19(9-7-17(20(16)21)23(26)31)25(33)27(24(18)32)15-4-2-14(3-5-15)10-11-28/h2-9,13,28-29H,10-12H2,1H3. The van der Waals surface area contributed by atoms with Gasteiger partial charge in [-0.3, -0.25) is 24.1 Å². The SMILES string of the molecule is CC(CO)N1C(=O)c2ccc3c4c(ccc(c24)C1=O)C(=O)N(c1ccc(CCO)cc1)C3=O. The highest BCUT2D eigenvalue weighted by Gasteiger charge is 2.41. The molecule has 2 N–H and O–H groups in total. The van der Waals surface area contributed by atoms with Crippen molar-refractivity contribution in [1.82, 2.24) is 4.90 Å². The van der Waals surface area contributed by atoms with Crippen molar-refractivity contribution in [3.05, 3.63) is 76.3 Å². The topological polar surface area (TPSA) is 115 Å². The lowest BCUT2D eigenvalue weighted by atomic mass is 9.85. The summed E-state index contributed by atoms with van der Waals surface area (Å²) in [4.78, 5) is 55.0. The predicted molar refractivity (Wildman–Crippen MR) is 119 cm³/mol. The van der Waals surface area contributed by atoms with Crippen molar-refractivity contribution in [1.29, 1.82) is 0 Å². The Balaban J connectivity index is 1.67. The Bertz CT molecular complexity index is 1290. The fourth-order valence-electron chi connectivity index (χ4n) is 4.55. The number of nitrogens with zero attached hydrogens (tertiary/aromatic N) is 2. The first-order valence-electron chi connectivity index (χ1n) is 10.6. The second kappa shape index (κ2) is 7.61. The molecule has 0 fully saturated rings. The maximum atomic E-state index is 13.4. The smallest absolute Gasteiger partial charge is 0.265 e. The minimum atomic E-state index is -0.715. The fraction of sp³-hybridized carbons (Fsp3) is 0.200. The summed E-state index contributed by atoms with van der Waals surface area (Å²) in [6.45, 7) is 1.18. The van der Waals surface area contributed by atoms with Gasteiger partial charge < -0.3 is 10.2 Å². The molecule has 1 atom stereocenters. The highest BCUT2D eigenvalue weighted by molar-refractivity contribution is 6.39. The molecule has 1 unspecified atom stereocenters. The van der Waals surface area contributed by atoms with E-state index in [4.69, 9.17) is 5.11 Å². The number of hydrogen-bond donors (Lipinski definition) is 2. The lowest BCUT2D eigenvalue weighted by molar-refractivity contribution is 0.0491. The summed E-state index contributed by atoms with van der Waals surface area (Å²) in [5.74, 6) is -2.23. The molecule has 166 valence electrons. The molecule has 33 heavy (non-hydrogen) atoms. The summed E-state index contributed by atoms with van der Waals surface area (Å²) >= 11 is 0. The van der Waals surface area contributed by atoms with Crippen LogP contribution < -0.4 is 4.90 Å². The predicted octanol–water partition coefficient (Wildman–Crippen LogP) is 2.15. The van der Waals surface area contributed by atoms with Gasteiger partial charge in [-0.25, -0.2) is 4.90 Å². The van der Waals surface area contributed by atoms with E-state index >= 15 is 0 Å². The van der Waals surface area contributed by atoms with Crippen LogP contribution in [0.1, 0.15) is 53.9 Å². The molecular formula is C25H20N2O6. The fourth-order valence-corrected chi connectivity index (χ4v) is 4.55. The first kappa shape index (κ1) is 21.0. The van der Waals surface area contributed by atoms with Gasteiger partial charge in [-0.2, -0.15) is 0 Å². The zero-order valence-corrected chi connectivity index (χ0v) is 17.7. The van der Waals surface area contributed by atoms with Crippen molar-refractivity contribution in [3.8, 4) is 0 Å². The Morgan fingerprint density at radius 1 is 0.697 bits per heavy atom. The first-order chi connectivity index (χ1) is 15.9. The molecule has 2 aliphatic rings. The van der Waals surface area contributed by atoms with Crippen molar-refractivity contribution in [2.75, 3.05) is 18.1 Å². The van der Waals surface area contributed by atoms with Gasteiger partial charge in [-0.1, -0.05) is 12.1 Å². The van der Waals surface area contributed by atoms with Crippen molar-refractivity contribution in [3.63, 3.8) is 0 Å². The molecule has 0 saturated carbocycles. The Morgan fingerprint density at radius 3 is 1.58 bits per heavy atom. The van der Waals surface area contributed by atoms with Crippen LogP contribution in [0.25, 0.3) is 10.8 Å². The molecule has 3 aromatic rings. The van der Waals surface area contributed by atoms with Crippen LogP contribution >= 0.6 is 0 Å². The zero-order valence-electron chi connectivity index (χ0n) is 17.7. The van der Waals surface area contributed by atoms with Crippen LogP contribution in [0.3, 0.4) is 0 Å². The minimum Gasteiger partial charge on any atom is -0.396 e. The first-order valence-corrected chi connectivity index (χ1v) is 10.6. The quantitative estimate of drug-likeness (QED) is 0.583. The molecular weight excluding hydrogens is 424 g/mol.